The Hall–Kier alpha value is -1.26. The molecule has 1 amide bonds. The standard InChI is InChI=1S/C16H24N2O2.ClH/c1-12(2)11-20-15-6-4-3-5-14(15)18-16(19)9-13-7-8-17-10-13;/h3-6,12-13,17H,7-11H2,1-2H3,(H,18,19);1H. The predicted octanol–water partition coefficient (Wildman–Crippen LogP) is 3.08. The van der Waals surface area contributed by atoms with E-state index in [0.29, 0.717) is 24.9 Å². The van der Waals surface area contributed by atoms with Gasteiger partial charge in [-0.05, 0) is 43.5 Å². The van der Waals surface area contributed by atoms with Gasteiger partial charge in [0.15, 0.2) is 0 Å². The summed E-state index contributed by atoms with van der Waals surface area (Å²) in [4.78, 5) is 12.1. The zero-order valence-corrected chi connectivity index (χ0v) is 13.5. The topological polar surface area (TPSA) is 50.4 Å². The molecule has 0 radical (unpaired) electrons. The minimum absolute atomic E-state index is 0. The van der Waals surface area contributed by atoms with Gasteiger partial charge in [-0.2, -0.15) is 0 Å². The molecule has 1 fully saturated rings. The number of halogens is 1. The van der Waals surface area contributed by atoms with Gasteiger partial charge in [0.1, 0.15) is 5.75 Å². The zero-order chi connectivity index (χ0) is 14.4. The molecular weight excluding hydrogens is 288 g/mol. The van der Waals surface area contributed by atoms with Gasteiger partial charge in [-0.1, -0.05) is 26.0 Å². The highest BCUT2D eigenvalue weighted by atomic mass is 35.5. The van der Waals surface area contributed by atoms with E-state index in [1.54, 1.807) is 0 Å². The van der Waals surface area contributed by atoms with Crippen molar-refractivity contribution in [2.75, 3.05) is 25.0 Å². The van der Waals surface area contributed by atoms with Crippen LogP contribution in [-0.4, -0.2) is 25.6 Å². The first-order valence-electron chi connectivity index (χ1n) is 7.37. The first-order chi connectivity index (χ1) is 9.65. The summed E-state index contributed by atoms with van der Waals surface area (Å²) >= 11 is 0. The Kier molecular flexibility index (Phi) is 7.54. The number of amides is 1. The molecule has 21 heavy (non-hydrogen) atoms. The van der Waals surface area contributed by atoms with Gasteiger partial charge in [0.2, 0.25) is 5.91 Å². The van der Waals surface area contributed by atoms with Gasteiger partial charge in [-0.3, -0.25) is 4.79 Å². The number of para-hydroxylation sites is 2. The Bertz CT molecular complexity index is 446. The van der Waals surface area contributed by atoms with E-state index in [2.05, 4.69) is 24.5 Å². The Balaban J connectivity index is 0.00000220. The van der Waals surface area contributed by atoms with Gasteiger partial charge in [0.25, 0.3) is 0 Å². The van der Waals surface area contributed by atoms with Crippen LogP contribution in [0.15, 0.2) is 24.3 Å². The number of ether oxygens (including phenoxy) is 1. The Morgan fingerprint density at radius 1 is 1.43 bits per heavy atom. The third kappa shape index (κ3) is 5.94. The summed E-state index contributed by atoms with van der Waals surface area (Å²) in [5.41, 5.74) is 0.768. The summed E-state index contributed by atoms with van der Waals surface area (Å²) in [6.45, 7) is 6.83. The smallest absolute Gasteiger partial charge is 0.224 e. The molecule has 5 heteroatoms. The fourth-order valence-electron chi connectivity index (χ4n) is 2.30. The van der Waals surface area contributed by atoms with Crippen LogP contribution in [0, 0.1) is 11.8 Å². The number of hydrogen-bond acceptors (Lipinski definition) is 3. The molecule has 0 bridgehead atoms. The minimum atomic E-state index is 0. The van der Waals surface area contributed by atoms with Crippen LogP contribution in [0.5, 0.6) is 5.75 Å². The van der Waals surface area contributed by atoms with Crippen molar-refractivity contribution in [2.45, 2.75) is 26.7 Å². The van der Waals surface area contributed by atoms with Crippen LogP contribution >= 0.6 is 12.4 Å². The average molecular weight is 313 g/mol. The quantitative estimate of drug-likeness (QED) is 0.848. The molecule has 1 aromatic rings. The monoisotopic (exact) mass is 312 g/mol. The Morgan fingerprint density at radius 3 is 2.86 bits per heavy atom. The van der Waals surface area contributed by atoms with Crippen molar-refractivity contribution in [3.63, 3.8) is 0 Å². The van der Waals surface area contributed by atoms with Gasteiger partial charge in [-0.25, -0.2) is 0 Å². The number of hydrogen-bond donors (Lipinski definition) is 2. The lowest BCUT2D eigenvalue weighted by Crippen LogP contribution is -2.19. The van der Waals surface area contributed by atoms with Crippen LogP contribution in [-0.2, 0) is 4.79 Å². The number of rotatable bonds is 6. The van der Waals surface area contributed by atoms with Crippen LogP contribution in [0.3, 0.4) is 0 Å². The summed E-state index contributed by atoms with van der Waals surface area (Å²) in [6, 6.07) is 7.62. The molecule has 0 spiro atoms. The largest absolute Gasteiger partial charge is 0.491 e. The van der Waals surface area contributed by atoms with Crippen LogP contribution in [0.4, 0.5) is 5.69 Å². The number of nitrogens with one attached hydrogen (secondary N) is 2. The molecule has 1 saturated heterocycles. The van der Waals surface area contributed by atoms with E-state index in [0.717, 1.165) is 30.9 Å². The zero-order valence-electron chi connectivity index (χ0n) is 12.7. The molecule has 0 saturated carbocycles. The molecule has 1 atom stereocenters. The maximum absolute atomic E-state index is 12.1. The maximum Gasteiger partial charge on any atom is 0.224 e. The first-order valence-corrected chi connectivity index (χ1v) is 7.37. The first kappa shape index (κ1) is 17.8. The van der Waals surface area contributed by atoms with E-state index in [-0.39, 0.29) is 18.3 Å². The second-order valence-electron chi connectivity index (χ2n) is 5.81. The van der Waals surface area contributed by atoms with E-state index < -0.39 is 0 Å². The summed E-state index contributed by atoms with van der Waals surface area (Å²) in [5.74, 6) is 1.74. The lowest BCUT2D eigenvalue weighted by Gasteiger charge is -2.14. The Labute approximate surface area is 133 Å². The highest BCUT2D eigenvalue weighted by molar-refractivity contribution is 5.92. The molecule has 1 aromatic carbocycles. The van der Waals surface area contributed by atoms with Crippen molar-refractivity contribution >= 4 is 24.0 Å². The molecule has 1 aliphatic heterocycles. The summed E-state index contributed by atoms with van der Waals surface area (Å²) < 4.78 is 5.74. The highest BCUT2D eigenvalue weighted by Crippen LogP contribution is 2.25. The molecule has 2 N–H and O–H groups in total. The molecule has 4 nitrogen and oxygen atoms in total. The summed E-state index contributed by atoms with van der Waals surface area (Å²) in [5, 5.41) is 6.25. The third-order valence-electron chi connectivity index (χ3n) is 3.37. The number of carbonyl (C=O) groups is 1. The van der Waals surface area contributed by atoms with Crippen molar-refractivity contribution in [1.29, 1.82) is 0 Å². The highest BCUT2D eigenvalue weighted by Gasteiger charge is 2.18. The fraction of sp³-hybridized carbons (Fsp3) is 0.562. The molecule has 1 aliphatic rings. The van der Waals surface area contributed by atoms with Crippen molar-refractivity contribution < 1.29 is 9.53 Å². The molecule has 1 heterocycles. The van der Waals surface area contributed by atoms with E-state index in [4.69, 9.17) is 4.74 Å². The van der Waals surface area contributed by atoms with Crippen LogP contribution < -0.4 is 15.4 Å². The van der Waals surface area contributed by atoms with Crippen molar-refractivity contribution in [3.05, 3.63) is 24.3 Å². The maximum atomic E-state index is 12.1. The van der Waals surface area contributed by atoms with Gasteiger partial charge in [-0.15, -0.1) is 12.4 Å². The van der Waals surface area contributed by atoms with E-state index in [1.807, 2.05) is 24.3 Å². The minimum Gasteiger partial charge on any atom is -0.491 e. The molecule has 2 rings (SSSR count). The van der Waals surface area contributed by atoms with Crippen molar-refractivity contribution in [3.8, 4) is 5.75 Å². The number of benzene rings is 1. The summed E-state index contributed by atoms with van der Waals surface area (Å²) in [6.07, 6.45) is 1.66. The third-order valence-corrected chi connectivity index (χ3v) is 3.37. The van der Waals surface area contributed by atoms with Crippen molar-refractivity contribution in [1.82, 2.24) is 5.32 Å². The SMILES string of the molecule is CC(C)COc1ccccc1NC(=O)CC1CCNC1.Cl. The molecule has 118 valence electrons. The summed E-state index contributed by atoms with van der Waals surface area (Å²) in [7, 11) is 0. The van der Waals surface area contributed by atoms with Gasteiger partial charge in [0.05, 0.1) is 12.3 Å². The molecule has 0 aliphatic carbocycles. The van der Waals surface area contributed by atoms with E-state index >= 15 is 0 Å². The second kappa shape index (κ2) is 8.90. The lowest BCUT2D eigenvalue weighted by atomic mass is 10.0. The Morgan fingerprint density at radius 2 is 2.19 bits per heavy atom. The van der Waals surface area contributed by atoms with Crippen LogP contribution in [0.25, 0.3) is 0 Å². The van der Waals surface area contributed by atoms with Crippen LogP contribution in [0.2, 0.25) is 0 Å². The van der Waals surface area contributed by atoms with Crippen molar-refractivity contribution in [2.24, 2.45) is 11.8 Å². The van der Waals surface area contributed by atoms with Gasteiger partial charge in [0, 0.05) is 6.42 Å². The average Bonchev–Trinajstić information content (AvgIpc) is 2.90. The normalized spacial score (nSPS) is 17.4. The van der Waals surface area contributed by atoms with E-state index in [1.165, 1.54) is 0 Å². The second-order valence-corrected chi connectivity index (χ2v) is 5.81. The predicted molar refractivity (Wildman–Crippen MR) is 88.2 cm³/mol. The lowest BCUT2D eigenvalue weighted by molar-refractivity contribution is -0.117. The van der Waals surface area contributed by atoms with Gasteiger partial charge >= 0.3 is 0 Å². The van der Waals surface area contributed by atoms with E-state index in [9.17, 15) is 4.79 Å². The molecular formula is C16H25ClN2O2. The van der Waals surface area contributed by atoms with Gasteiger partial charge < -0.3 is 15.4 Å². The van der Waals surface area contributed by atoms with Crippen LogP contribution in [0.1, 0.15) is 26.7 Å². The molecule has 0 aromatic heterocycles. The fourth-order valence-corrected chi connectivity index (χ4v) is 2.30. The number of anilines is 1. The number of carbonyl (C=O) groups excluding carboxylic acids is 1. The molecule has 1 unspecified atom stereocenters.